The molecule has 1 saturated carbocycles. The maximum Gasteiger partial charge on any atom is 0.191 e. The first kappa shape index (κ1) is 21.7. The van der Waals surface area contributed by atoms with Crippen molar-refractivity contribution in [1.29, 1.82) is 0 Å². The van der Waals surface area contributed by atoms with Crippen molar-refractivity contribution in [3.63, 3.8) is 0 Å². The molecule has 0 aliphatic heterocycles. The molecule has 2 aromatic rings. The van der Waals surface area contributed by atoms with Crippen molar-refractivity contribution in [3.8, 4) is 0 Å². The van der Waals surface area contributed by atoms with E-state index in [0.717, 1.165) is 30.1 Å². The van der Waals surface area contributed by atoms with Crippen LogP contribution in [0.4, 0.5) is 4.39 Å². The molecule has 7 heteroatoms. The Morgan fingerprint density at radius 3 is 2.67 bits per heavy atom. The Kier molecular flexibility index (Phi) is 7.25. The smallest absolute Gasteiger partial charge is 0.191 e. The van der Waals surface area contributed by atoms with Crippen LogP contribution in [0.2, 0.25) is 0 Å². The van der Waals surface area contributed by atoms with E-state index < -0.39 is 0 Å². The van der Waals surface area contributed by atoms with Crippen molar-refractivity contribution in [1.82, 2.24) is 20.4 Å². The van der Waals surface area contributed by atoms with Crippen LogP contribution in [0, 0.1) is 19.7 Å². The van der Waals surface area contributed by atoms with Crippen LogP contribution in [0.3, 0.4) is 0 Å². The van der Waals surface area contributed by atoms with Crippen molar-refractivity contribution in [2.24, 2.45) is 12.0 Å². The third-order valence-electron chi connectivity index (χ3n) is 5.19. The molecule has 1 fully saturated rings. The van der Waals surface area contributed by atoms with E-state index >= 15 is 0 Å². The molecule has 0 bridgehead atoms. The van der Waals surface area contributed by atoms with E-state index in [0.29, 0.717) is 0 Å². The molecule has 1 aliphatic rings. The number of aromatic nitrogens is 2. The zero-order chi connectivity index (χ0) is 18.8. The minimum Gasteiger partial charge on any atom is -0.354 e. The zero-order valence-electron chi connectivity index (χ0n) is 16.6. The normalized spacial score (nSPS) is 20.0. The highest BCUT2D eigenvalue weighted by Crippen LogP contribution is 2.41. The zero-order valence-corrected chi connectivity index (χ0v) is 18.9. The van der Waals surface area contributed by atoms with Crippen LogP contribution in [0.15, 0.2) is 29.3 Å². The lowest BCUT2D eigenvalue weighted by Crippen LogP contribution is -2.44. The van der Waals surface area contributed by atoms with Crippen LogP contribution < -0.4 is 10.6 Å². The highest BCUT2D eigenvalue weighted by Gasteiger charge is 2.40. The van der Waals surface area contributed by atoms with E-state index in [-0.39, 0.29) is 47.8 Å². The molecule has 0 saturated heterocycles. The highest BCUT2D eigenvalue weighted by atomic mass is 127. The molecule has 2 N–H and O–H groups in total. The summed E-state index contributed by atoms with van der Waals surface area (Å²) < 4.78 is 15.8. The number of rotatable bonds is 5. The van der Waals surface area contributed by atoms with Crippen molar-refractivity contribution in [3.05, 3.63) is 52.6 Å². The number of hydrogen-bond donors (Lipinski definition) is 2. The Morgan fingerprint density at radius 1 is 1.37 bits per heavy atom. The summed E-state index contributed by atoms with van der Waals surface area (Å²) in [6, 6.07) is 7.46. The highest BCUT2D eigenvalue weighted by molar-refractivity contribution is 14.0. The maximum atomic E-state index is 13.9. The van der Waals surface area contributed by atoms with Gasteiger partial charge in [-0.3, -0.25) is 9.67 Å². The van der Waals surface area contributed by atoms with Crippen molar-refractivity contribution in [2.75, 3.05) is 7.05 Å². The number of nitrogens with zero attached hydrogens (tertiary/aromatic N) is 3. The van der Waals surface area contributed by atoms with Gasteiger partial charge < -0.3 is 10.6 Å². The lowest BCUT2D eigenvalue weighted by molar-refractivity contribution is 0.605. The van der Waals surface area contributed by atoms with Crippen LogP contribution in [0.5, 0.6) is 0 Å². The molecule has 0 amide bonds. The van der Waals surface area contributed by atoms with E-state index in [9.17, 15) is 4.39 Å². The number of nitrogens with one attached hydrogen (secondary N) is 2. The second-order valence-electron chi connectivity index (χ2n) is 7.21. The first-order valence-corrected chi connectivity index (χ1v) is 9.14. The van der Waals surface area contributed by atoms with Gasteiger partial charge in [-0.05, 0) is 50.8 Å². The van der Waals surface area contributed by atoms with E-state index in [2.05, 4.69) is 34.6 Å². The largest absolute Gasteiger partial charge is 0.354 e. The van der Waals surface area contributed by atoms with Crippen molar-refractivity contribution >= 4 is 29.9 Å². The molecule has 148 valence electrons. The minimum atomic E-state index is -0.124. The molecule has 3 atom stereocenters. The second kappa shape index (κ2) is 9.03. The lowest BCUT2D eigenvalue weighted by Gasteiger charge is -2.18. The van der Waals surface area contributed by atoms with Crippen molar-refractivity contribution < 1.29 is 4.39 Å². The average Bonchev–Trinajstić information content (AvgIpc) is 3.32. The third kappa shape index (κ3) is 5.00. The molecule has 1 aromatic carbocycles. The summed E-state index contributed by atoms with van der Waals surface area (Å²) >= 11 is 0. The second-order valence-corrected chi connectivity index (χ2v) is 7.21. The average molecular weight is 485 g/mol. The number of hydrogen-bond acceptors (Lipinski definition) is 2. The third-order valence-corrected chi connectivity index (χ3v) is 5.19. The van der Waals surface area contributed by atoms with Gasteiger partial charge >= 0.3 is 0 Å². The Labute approximate surface area is 177 Å². The fourth-order valence-corrected chi connectivity index (χ4v) is 3.52. The van der Waals surface area contributed by atoms with Crippen LogP contribution in [0.25, 0.3) is 0 Å². The number of aliphatic imine (C=N–C) groups is 1. The van der Waals surface area contributed by atoms with E-state index in [1.54, 1.807) is 13.1 Å². The standard InChI is InChI=1S/C20H28FN5.HI/c1-12(10-16-13(2)25-26(5)14(16)3)23-20(22-4)24-19-11-17(19)15-8-6-7-9-18(15)21;/h6-9,12,17,19H,10-11H2,1-5H3,(H2,22,23,24);1H. The Balaban J connectivity index is 0.00000261. The van der Waals surface area contributed by atoms with Gasteiger partial charge in [0.15, 0.2) is 5.96 Å². The fourth-order valence-electron chi connectivity index (χ4n) is 3.52. The molecule has 1 aliphatic carbocycles. The topological polar surface area (TPSA) is 54.2 Å². The molecule has 1 heterocycles. The molecule has 3 rings (SSSR count). The number of aryl methyl sites for hydroxylation is 2. The lowest BCUT2D eigenvalue weighted by atomic mass is 10.1. The summed E-state index contributed by atoms with van der Waals surface area (Å²) in [5.74, 6) is 0.856. The van der Waals surface area contributed by atoms with Gasteiger partial charge in [-0.15, -0.1) is 24.0 Å². The van der Waals surface area contributed by atoms with Crippen molar-refractivity contribution in [2.45, 2.75) is 51.6 Å². The minimum absolute atomic E-state index is 0. The van der Waals surface area contributed by atoms with Gasteiger partial charge in [0, 0.05) is 37.8 Å². The van der Waals surface area contributed by atoms with Gasteiger partial charge in [-0.25, -0.2) is 4.39 Å². The monoisotopic (exact) mass is 485 g/mol. The predicted molar refractivity (Wildman–Crippen MR) is 118 cm³/mol. The number of benzene rings is 1. The summed E-state index contributed by atoms with van der Waals surface area (Å²) in [5, 5.41) is 11.3. The van der Waals surface area contributed by atoms with Gasteiger partial charge in [0.25, 0.3) is 0 Å². The van der Waals surface area contributed by atoms with E-state index in [1.807, 2.05) is 30.8 Å². The van der Waals surface area contributed by atoms with Gasteiger partial charge in [-0.1, -0.05) is 18.2 Å². The van der Waals surface area contributed by atoms with Gasteiger partial charge in [0.05, 0.1) is 5.69 Å². The predicted octanol–water partition coefficient (Wildman–Crippen LogP) is 3.45. The van der Waals surface area contributed by atoms with E-state index in [1.165, 1.54) is 17.3 Å². The van der Waals surface area contributed by atoms with E-state index in [4.69, 9.17) is 0 Å². The summed E-state index contributed by atoms with van der Waals surface area (Å²) in [6.07, 6.45) is 1.81. The summed E-state index contributed by atoms with van der Waals surface area (Å²) in [4.78, 5) is 4.33. The Morgan fingerprint density at radius 2 is 2.07 bits per heavy atom. The van der Waals surface area contributed by atoms with Gasteiger partial charge in [0.2, 0.25) is 0 Å². The SMILES string of the molecule is CN=C(NC(C)Cc1c(C)nn(C)c1C)NC1CC1c1ccccc1F.I. The maximum absolute atomic E-state index is 13.9. The number of guanidine groups is 1. The molecular formula is C20H29FIN5. The summed E-state index contributed by atoms with van der Waals surface area (Å²) in [5.41, 5.74) is 4.33. The molecule has 3 unspecified atom stereocenters. The Bertz CT molecular complexity index is 817. The molecule has 27 heavy (non-hydrogen) atoms. The quantitative estimate of drug-likeness (QED) is 0.388. The first-order chi connectivity index (χ1) is 12.4. The van der Waals surface area contributed by atoms with Gasteiger partial charge in [-0.2, -0.15) is 5.10 Å². The molecule has 5 nitrogen and oxygen atoms in total. The first-order valence-electron chi connectivity index (χ1n) is 9.14. The summed E-state index contributed by atoms with van der Waals surface area (Å²) in [6.45, 7) is 6.28. The van der Waals surface area contributed by atoms with Crippen LogP contribution in [-0.2, 0) is 13.5 Å². The number of halogens is 2. The van der Waals surface area contributed by atoms with Crippen LogP contribution >= 0.6 is 24.0 Å². The van der Waals surface area contributed by atoms with Gasteiger partial charge in [0.1, 0.15) is 5.82 Å². The molecule has 1 aromatic heterocycles. The molecule has 0 radical (unpaired) electrons. The fraction of sp³-hybridized carbons (Fsp3) is 0.500. The Hall–Kier alpha value is -1.64. The molecular weight excluding hydrogens is 456 g/mol. The molecule has 0 spiro atoms. The summed E-state index contributed by atoms with van der Waals surface area (Å²) in [7, 11) is 3.74. The van der Waals surface area contributed by atoms with Crippen LogP contribution in [0.1, 0.15) is 41.8 Å². The van der Waals surface area contributed by atoms with Crippen LogP contribution in [-0.4, -0.2) is 34.9 Å².